The van der Waals surface area contributed by atoms with E-state index in [2.05, 4.69) is 15.2 Å². The molecule has 0 aliphatic carbocycles. The van der Waals surface area contributed by atoms with Crippen molar-refractivity contribution in [1.29, 1.82) is 0 Å². The molecule has 0 spiro atoms. The lowest BCUT2D eigenvalue weighted by atomic mass is 10.1. The molecule has 1 fully saturated rings. The molecule has 2 heterocycles. The highest BCUT2D eigenvalue weighted by atomic mass is 35.5. The van der Waals surface area contributed by atoms with Crippen LogP contribution in [0, 0.1) is 0 Å². The van der Waals surface area contributed by atoms with Crippen LogP contribution >= 0.6 is 11.6 Å². The third-order valence-electron chi connectivity index (χ3n) is 5.36. The van der Waals surface area contributed by atoms with Crippen molar-refractivity contribution in [1.82, 2.24) is 14.7 Å². The normalized spacial score (nSPS) is 14.1. The molecule has 0 unspecified atom stereocenters. The highest BCUT2D eigenvalue weighted by Gasteiger charge is 2.32. The Kier molecular flexibility index (Phi) is 7.45. The van der Waals surface area contributed by atoms with Crippen LogP contribution in [0.25, 0.3) is 10.8 Å². The lowest BCUT2D eigenvalue weighted by Gasteiger charge is -2.27. The summed E-state index contributed by atoms with van der Waals surface area (Å²) in [6.07, 6.45) is -5.18. The molecular weight excluding hydrogens is 505 g/mol. The molecule has 0 radical (unpaired) electrons. The Balaban J connectivity index is 1.55. The number of carbonyl (C=O) groups excluding carboxylic acids is 2. The van der Waals surface area contributed by atoms with Gasteiger partial charge < -0.3 is 19.7 Å². The van der Waals surface area contributed by atoms with Crippen molar-refractivity contribution in [3.8, 4) is 5.75 Å². The molecule has 1 saturated heterocycles. The van der Waals surface area contributed by atoms with Crippen LogP contribution in [0.5, 0.6) is 5.75 Å². The number of carbonyl (C=O) groups is 2. The SMILES string of the molecule is O=C(Cc1nn(CC(=O)N2CCOCC2)c(=O)c2ccccc12)Nc1ccc(OC(F)(F)F)c(Cl)c1. The van der Waals surface area contributed by atoms with Gasteiger partial charge in [-0.1, -0.05) is 29.8 Å². The lowest BCUT2D eigenvalue weighted by molar-refractivity contribution is -0.274. The number of nitrogens with one attached hydrogen (secondary N) is 1. The van der Waals surface area contributed by atoms with E-state index in [9.17, 15) is 27.6 Å². The molecule has 1 aliphatic rings. The van der Waals surface area contributed by atoms with Crippen LogP contribution in [0.15, 0.2) is 47.3 Å². The minimum absolute atomic E-state index is 0.139. The molecule has 3 aromatic rings. The Morgan fingerprint density at radius 3 is 2.47 bits per heavy atom. The molecule has 190 valence electrons. The van der Waals surface area contributed by atoms with Gasteiger partial charge >= 0.3 is 6.36 Å². The number of anilines is 1. The molecular formula is C23H20ClF3N4O5. The van der Waals surface area contributed by atoms with Crippen molar-refractivity contribution in [3.05, 3.63) is 63.5 Å². The van der Waals surface area contributed by atoms with E-state index in [4.69, 9.17) is 16.3 Å². The molecule has 9 nitrogen and oxygen atoms in total. The summed E-state index contributed by atoms with van der Waals surface area (Å²) >= 11 is 5.84. The zero-order valence-electron chi connectivity index (χ0n) is 18.7. The van der Waals surface area contributed by atoms with Crippen LogP contribution in [-0.2, 0) is 27.3 Å². The van der Waals surface area contributed by atoms with Crippen LogP contribution in [0.2, 0.25) is 5.02 Å². The Morgan fingerprint density at radius 1 is 1.11 bits per heavy atom. The summed E-state index contributed by atoms with van der Waals surface area (Å²) in [5.41, 5.74) is -0.0800. The van der Waals surface area contributed by atoms with E-state index in [0.29, 0.717) is 37.1 Å². The Morgan fingerprint density at radius 2 is 1.81 bits per heavy atom. The van der Waals surface area contributed by atoms with Crippen LogP contribution in [-0.4, -0.2) is 59.2 Å². The largest absolute Gasteiger partial charge is 0.573 e. The van der Waals surface area contributed by atoms with Gasteiger partial charge in [-0.2, -0.15) is 5.10 Å². The number of aromatic nitrogens is 2. The number of benzene rings is 2. The minimum Gasteiger partial charge on any atom is -0.404 e. The topological polar surface area (TPSA) is 103 Å². The quantitative estimate of drug-likeness (QED) is 0.532. The standard InChI is InChI=1S/C23H20ClF3N4O5/c24-17-11-14(5-6-19(17)36-23(25,26)27)28-20(32)12-18-15-3-1-2-4-16(15)22(34)31(29-18)13-21(33)30-7-9-35-10-8-30/h1-6,11H,7-10,12-13H2,(H,28,32). The van der Waals surface area contributed by atoms with Gasteiger partial charge in [0.25, 0.3) is 5.56 Å². The molecule has 0 bridgehead atoms. The molecule has 1 aliphatic heterocycles. The summed E-state index contributed by atoms with van der Waals surface area (Å²) in [6, 6.07) is 9.88. The minimum atomic E-state index is -4.91. The van der Waals surface area contributed by atoms with Crippen molar-refractivity contribution in [2.75, 3.05) is 31.6 Å². The van der Waals surface area contributed by atoms with Crippen LogP contribution < -0.4 is 15.6 Å². The van der Waals surface area contributed by atoms with Gasteiger partial charge in [0.05, 0.1) is 35.7 Å². The third-order valence-corrected chi connectivity index (χ3v) is 5.66. The van der Waals surface area contributed by atoms with Gasteiger partial charge in [-0.3, -0.25) is 14.4 Å². The number of morpholine rings is 1. The van der Waals surface area contributed by atoms with E-state index >= 15 is 0 Å². The zero-order chi connectivity index (χ0) is 25.9. The molecule has 2 amide bonds. The Bertz CT molecular complexity index is 1360. The summed E-state index contributed by atoms with van der Waals surface area (Å²) in [5.74, 6) is -1.46. The van der Waals surface area contributed by atoms with Gasteiger partial charge in [0.2, 0.25) is 11.8 Å². The predicted molar refractivity (Wildman–Crippen MR) is 124 cm³/mol. The first-order valence-electron chi connectivity index (χ1n) is 10.8. The van der Waals surface area contributed by atoms with E-state index < -0.39 is 23.6 Å². The first-order chi connectivity index (χ1) is 17.1. The molecule has 0 saturated carbocycles. The predicted octanol–water partition coefficient (Wildman–Crippen LogP) is 2.99. The van der Waals surface area contributed by atoms with Gasteiger partial charge in [-0.15, -0.1) is 13.2 Å². The van der Waals surface area contributed by atoms with E-state index in [1.807, 2.05) is 0 Å². The summed E-state index contributed by atoms with van der Waals surface area (Å²) < 4.78 is 47.4. The first-order valence-corrected chi connectivity index (χ1v) is 11.2. The number of hydrogen-bond acceptors (Lipinski definition) is 6. The van der Waals surface area contributed by atoms with E-state index in [-0.39, 0.29) is 35.3 Å². The number of fused-ring (bicyclic) bond motifs is 1. The van der Waals surface area contributed by atoms with Crippen LogP contribution in [0.1, 0.15) is 5.69 Å². The van der Waals surface area contributed by atoms with Gasteiger partial charge in [0, 0.05) is 24.2 Å². The summed E-state index contributed by atoms with van der Waals surface area (Å²) in [5, 5.41) is 7.21. The fourth-order valence-corrected chi connectivity index (χ4v) is 3.95. The second kappa shape index (κ2) is 10.5. The molecule has 1 N–H and O–H groups in total. The number of amides is 2. The van der Waals surface area contributed by atoms with Crippen LogP contribution in [0.4, 0.5) is 18.9 Å². The molecule has 1 aromatic heterocycles. The first kappa shape index (κ1) is 25.5. The maximum absolute atomic E-state index is 12.9. The smallest absolute Gasteiger partial charge is 0.404 e. The molecule has 36 heavy (non-hydrogen) atoms. The monoisotopic (exact) mass is 524 g/mol. The van der Waals surface area contributed by atoms with Crippen molar-refractivity contribution in [2.45, 2.75) is 19.3 Å². The van der Waals surface area contributed by atoms with E-state index in [1.165, 1.54) is 6.07 Å². The third kappa shape index (κ3) is 6.13. The molecule has 2 aromatic carbocycles. The van der Waals surface area contributed by atoms with Gasteiger partial charge in [0.15, 0.2) is 0 Å². The number of alkyl halides is 3. The lowest BCUT2D eigenvalue weighted by Crippen LogP contribution is -2.44. The molecule has 0 atom stereocenters. The summed E-state index contributed by atoms with van der Waals surface area (Å²) in [7, 11) is 0. The fourth-order valence-electron chi connectivity index (χ4n) is 3.73. The fraction of sp³-hybridized carbons (Fsp3) is 0.304. The van der Waals surface area contributed by atoms with E-state index in [0.717, 1.165) is 16.8 Å². The maximum atomic E-state index is 12.9. The van der Waals surface area contributed by atoms with E-state index in [1.54, 1.807) is 29.2 Å². The second-order valence-electron chi connectivity index (χ2n) is 7.87. The molecule has 13 heteroatoms. The van der Waals surface area contributed by atoms with Crippen molar-refractivity contribution >= 4 is 39.9 Å². The van der Waals surface area contributed by atoms with Crippen molar-refractivity contribution in [3.63, 3.8) is 0 Å². The number of ether oxygens (including phenoxy) is 2. The number of hydrogen-bond donors (Lipinski definition) is 1. The maximum Gasteiger partial charge on any atom is 0.573 e. The van der Waals surface area contributed by atoms with Crippen LogP contribution in [0.3, 0.4) is 0 Å². The highest BCUT2D eigenvalue weighted by Crippen LogP contribution is 2.32. The average molecular weight is 525 g/mol. The van der Waals surface area contributed by atoms with Gasteiger partial charge in [0.1, 0.15) is 12.3 Å². The summed E-state index contributed by atoms with van der Waals surface area (Å²) in [4.78, 5) is 39.9. The summed E-state index contributed by atoms with van der Waals surface area (Å²) in [6.45, 7) is 1.33. The zero-order valence-corrected chi connectivity index (χ0v) is 19.4. The average Bonchev–Trinajstić information content (AvgIpc) is 2.83. The van der Waals surface area contributed by atoms with Crippen molar-refractivity contribution < 1.29 is 32.2 Å². The van der Waals surface area contributed by atoms with Gasteiger partial charge in [-0.05, 0) is 24.3 Å². The van der Waals surface area contributed by atoms with Crippen molar-refractivity contribution in [2.24, 2.45) is 0 Å². The Labute approximate surface area is 207 Å². The number of rotatable bonds is 6. The number of nitrogens with zero attached hydrogens (tertiary/aromatic N) is 3. The number of halogens is 4. The Hall–Kier alpha value is -3.64. The van der Waals surface area contributed by atoms with Gasteiger partial charge in [-0.25, -0.2) is 4.68 Å². The molecule has 4 rings (SSSR count). The highest BCUT2D eigenvalue weighted by molar-refractivity contribution is 6.32. The second-order valence-corrected chi connectivity index (χ2v) is 8.27.